The van der Waals surface area contributed by atoms with E-state index < -0.39 is 0 Å². The molecule has 1 saturated heterocycles. The maximum absolute atomic E-state index is 13.8. The van der Waals surface area contributed by atoms with Crippen LogP contribution in [-0.2, 0) is 4.79 Å². The topological polar surface area (TPSA) is 68.8 Å². The van der Waals surface area contributed by atoms with Gasteiger partial charge < -0.3 is 20.9 Å². The quantitative estimate of drug-likeness (QED) is 0.315. The summed E-state index contributed by atoms with van der Waals surface area (Å²) in [5, 5.41) is 9.83. The zero-order valence-corrected chi connectivity index (χ0v) is 19.0. The van der Waals surface area contributed by atoms with Gasteiger partial charge in [-0.05, 0) is 50.6 Å². The van der Waals surface area contributed by atoms with Gasteiger partial charge in [-0.2, -0.15) is 0 Å². The largest absolute Gasteiger partial charge is 0.384 e. The van der Waals surface area contributed by atoms with Gasteiger partial charge >= 0.3 is 0 Å². The number of amides is 1. The first-order valence-corrected chi connectivity index (χ1v) is 11.5. The average molecular weight is 430 g/mol. The molecule has 7 heteroatoms. The molecule has 1 amide bonds. The normalized spacial score (nSPS) is 24.8. The number of nitrogens with one attached hydrogen (secondary N) is 3. The SMILES string of the molecule is CCCCC(CC1=CNC2C=CC(F)=CC12)NC(=O)/C(C)=C/N=C(C)N1CCNCC1. The monoisotopic (exact) mass is 429 g/mol. The summed E-state index contributed by atoms with van der Waals surface area (Å²) in [5.41, 5.74) is 1.74. The zero-order chi connectivity index (χ0) is 22.2. The van der Waals surface area contributed by atoms with Gasteiger partial charge in [-0.1, -0.05) is 25.8 Å². The van der Waals surface area contributed by atoms with Crippen LogP contribution in [0.3, 0.4) is 0 Å². The molecule has 3 unspecified atom stereocenters. The van der Waals surface area contributed by atoms with Crippen LogP contribution >= 0.6 is 0 Å². The zero-order valence-electron chi connectivity index (χ0n) is 19.0. The van der Waals surface area contributed by atoms with Gasteiger partial charge in [0.1, 0.15) is 11.7 Å². The molecule has 170 valence electrons. The molecule has 6 nitrogen and oxygen atoms in total. The highest BCUT2D eigenvalue weighted by Crippen LogP contribution is 2.32. The van der Waals surface area contributed by atoms with Crippen LogP contribution in [0.25, 0.3) is 0 Å². The fourth-order valence-electron chi connectivity index (χ4n) is 4.22. The number of carbonyl (C=O) groups is 1. The Kier molecular flexibility index (Phi) is 8.46. The number of fused-ring (bicyclic) bond motifs is 1. The number of allylic oxidation sites excluding steroid dienone is 2. The first kappa shape index (κ1) is 23.3. The summed E-state index contributed by atoms with van der Waals surface area (Å²) in [4.78, 5) is 19.6. The van der Waals surface area contributed by atoms with Crippen molar-refractivity contribution in [2.45, 2.75) is 58.5 Å². The van der Waals surface area contributed by atoms with Crippen molar-refractivity contribution in [3.63, 3.8) is 0 Å². The van der Waals surface area contributed by atoms with Crippen LogP contribution in [0.5, 0.6) is 0 Å². The summed E-state index contributed by atoms with van der Waals surface area (Å²) in [6.07, 6.45) is 12.4. The summed E-state index contributed by atoms with van der Waals surface area (Å²) in [6.45, 7) is 9.71. The Balaban J connectivity index is 1.60. The molecule has 0 spiro atoms. The van der Waals surface area contributed by atoms with E-state index in [4.69, 9.17) is 0 Å². The maximum Gasteiger partial charge on any atom is 0.248 e. The lowest BCUT2D eigenvalue weighted by molar-refractivity contribution is -0.118. The number of carbonyl (C=O) groups excluding carboxylic acids is 1. The fourth-order valence-corrected chi connectivity index (χ4v) is 4.22. The second-order valence-corrected chi connectivity index (χ2v) is 8.59. The summed E-state index contributed by atoms with van der Waals surface area (Å²) >= 11 is 0. The molecule has 0 aromatic heterocycles. The third kappa shape index (κ3) is 6.53. The van der Waals surface area contributed by atoms with Gasteiger partial charge in [0.15, 0.2) is 0 Å². The molecule has 0 radical (unpaired) electrons. The fraction of sp³-hybridized carbons (Fsp3) is 0.583. The molecule has 0 aromatic carbocycles. The van der Waals surface area contributed by atoms with Crippen molar-refractivity contribution >= 4 is 11.7 Å². The summed E-state index contributed by atoms with van der Waals surface area (Å²) in [5.74, 6) is 0.672. The van der Waals surface area contributed by atoms with Crippen LogP contribution in [0.15, 0.2) is 52.6 Å². The second kappa shape index (κ2) is 11.3. The minimum atomic E-state index is -0.193. The predicted octanol–water partition coefficient (Wildman–Crippen LogP) is 3.17. The molecule has 0 bridgehead atoms. The highest BCUT2D eigenvalue weighted by molar-refractivity contribution is 5.93. The smallest absolute Gasteiger partial charge is 0.248 e. The third-order valence-corrected chi connectivity index (χ3v) is 6.18. The van der Waals surface area contributed by atoms with Gasteiger partial charge in [0, 0.05) is 49.9 Å². The van der Waals surface area contributed by atoms with Gasteiger partial charge in [-0.3, -0.25) is 4.79 Å². The number of piperazine rings is 1. The Morgan fingerprint density at radius 2 is 2.16 bits per heavy atom. The lowest BCUT2D eigenvalue weighted by Gasteiger charge is -2.28. The van der Waals surface area contributed by atoms with Crippen LogP contribution in [0, 0.1) is 5.92 Å². The molecule has 0 saturated carbocycles. The number of hydrogen-bond donors (Lipinski definition) is 3. The highest BCUT2D eigenvalue weighted by atomic mass is 19.1. The van der Waals surface area contributed by atoms with Gasteiger partial charge in [0.2, 0.25) is 5.91 Å². The van der Waals surface area contributed by atoms with Crippen LogP contribution in [0.4, 0.5) is 4.39 Å². The maximum atomic E-state index is 13.8. The van der Waals surface area contributed by atoms with Gasteiger partial charge in [0.05, 0.1) is 6.04 Å². The Hall–Kier alpha value is -2.41. The number of halogens is 1. The molecule has 0 aromatic rings. The standard InChI is InChI=1S/C24H36FN5O/c1-4-5-6-21(13-19-16-28-23-8-7-20(25)14-22(19)23)29-24(31)17(2)15-27-18(3)30-11-9-26-10-12-30/h7-8,14-16,21-23,26,28H,4-6,9-13H2,1-3H3,(H,29,31)/b17-15+,27-18?. The molecule has 2 aliphatic heterocycles. The highest BCUT2D eigenvalue weighted by Gasteiger charge is 2.30. The van der Waals surface area contributed by atoms with E-state index in [0.29, 0.717) is 12.0 Å². The Morgan fingerprint density at radius 1 is 1.39 bits per heavy atom. The molecule has 3 N–H and O–H groups in total. The van der Waals surface area contributed by atoms with Crippen molar-refractivity contribution in [3.8, 4) is 0 Å². The van der Waals surface area contributed by atoms with Crippen LogP contribution in [0.2, 0.25) is 0 Å². The van der Waals surface area contributed by atoms with E-state index in [9.17, 15) is 9.18 Å². The minimum absolute atomic E-state index is 0.0169. The first-order valence-electron chi connectivity index (χ1n) is 11.5. The van der Waals surface area contributed by atoms with E-state index in [1.165, 1.54) is 6.08 Å². The van der Waals surface area contributed by atoms with Crippen molar-refractivity contribution in [3.05, 3.63) is 47.6 Å². The van der Waals surface area contributed by atoms with Crippen molar-refractivity contribution in [2.24, 2.45) is 10.9 Å². The number of aliphatic imine (C=N–C) groups is 1. The number of hydrogen-bond acceptors (Lipinski definition) is 4. The molecular formula is C24H36FN5O. The predicted molar refractivity (Wildman–Crippen MR) is 124 cm³/mol. The van der Waals surface area contributed by atoms with E-state index in [2.05, 4.69) is 32.8 Å². The summed E-state index contributed by atoms with van der Waals surface area (Å²) < 4.78 is 13.8. The van der Waals surface area contributed by atoms with Crippen molar-refractivity contribution < 1.29 is 9.18 Å². The number of amidine groups is 1. The van der Waals surface area contributed by atoms with Crippen molar-refractivity contribution in [1.29, 1.82) is 0 Å². The number of unbranched alkanes of at least 4 members (excludes halogenated alkanes) is 1. The lowest BCUT2D eigenvalue weighted by atomic mass is 9.87. The third-order valence-electron chi connectivity index (χ3n) is 6.18. The van der Waals surface area contributed by atoms with Crippen molar-refractivity contribution in [1.82, 2.24) is 20.9 Å². The van der Waals surface area contributed by atoms with Gasteiger partial charge in [-0.15, -0.1) is 0 Å². The Morgan fingerprint density at radius 3 is 2.90 bits per heavy atom. The molecule has 3 aliphatic rings. The van der Waals surface area contributed by atoms with Crippen LogP contribution in [0.1, 0.15) is 46.5 Å². The molecule has 2 heterocycles. The Labute approximate surface area is 185 Å². The first-order chi connectivity index (χ1) is 15.0. The summed E-state index contributed by atoms with van der Waals surface area (Å²) in [7, 11) is 0. The number of nitrogens with zero attached hydrogens (tertiary/aromatic N) is 2. The molecule has 1 fully saturated rings. The molecule has 3 atom stereocenters. The van der Waals surface area contributed by atoms with Crippen LogP contribution in [-0.4, -0.2) is 54.9 Å². The summed E-state index contributed by atoms with van der Waals surface area (Å²) in [6, 6.07) is 0.129. The minimum Gasteiger partial charge on any atom is -0.384 e. The van der Waals surface area contributed by atoms with E-state index in [0.717, 1.165) is 56.9 Å². The molecule has 1 aliphatic carbocycles. The van der Waals surface area contributed by atoms with Crippen molar-refractivity contribution in [2.75, 3.05) is 26.2 Å². The Bertz CT molecular complexity index is 792. The molecular weight excluding hydrogens is 393 g/mol. The van der Waals surface area contributed by atoms with Gasteiger partial charge in [0.25, 0.3) is 0 Å². The average Bonchev–Trinajstić information content (AvgIpc) is 3.17. The van der Waals surface area contributed by atoms with E-state index in [-0.39, 0.29) is 29.7 Å². The number of rotatable bonds is 8. The molecule has 3 rings (SSSR count). The second-order valence-electron chi connectivity index (χ2n) is 8.59. The van der Waals surface area contributed by atoms with Crippen LogP contribution < -0.4 is 16.0 Å². The van der Waals surface area contributed by atoms with E-state index >= 15 is 0 Å². The van der Waals surface area contributed by atoms with E-state index in [1.807, 2.05) is 19.2 Å². The lowest BCUT2D eigenvalue weighted by Crippen LogP contribution is -2.45. The van der Waals surface area contributed by atoms with Gasteiger partial charge in [-0.25, -0.2) is 9.38 Å². The van der Waals surface area contributed by atoms with E-state index in [1.54, 1.807) is 19.2 Å². The molecule has 31 heavy (non-hydrogen) atoms.